The summed E-state index contributed by atoms with van der Waals surface area (Å²) >= 11 is 0. The normalized spacial score (nSPS) is 15.5. The van der Waals surface area contributed by atoms with Gasteiger partial charge < -0.3 is 10.0 Å². The first-order chi connectivity index (χ1) is 10.2. The highest BCUT2D eigenvalue weighted by molar-refractivity contribution is 5.85. The summed E-state index contributed by atoms with van der Waals surface area (Å²) in [5, 5.41) is 9.03. The van der Waals surface area contributed by atoms with Crippen molar-refractivity contribution in [2.24, 2.45) is 5.92 Å². The number of pyridine rings is 1. The van der Waals surface area contributed by atoms with Gasteiger partial charge in [-0.1, -0.05) is 6.07 Å². The molecule has 6 heteroatoms. The third-order valence-corrected chi connectivity index (χ3v) is 3.68. The summed E-state index contributed by atoms with van der Waals surface area (Å²) in [7, 11) is 1.91. The van der Waals surface area contributed by atoms with Crippen LogP contribution in [0.15, 0.2) is 36.8 Å². The fourth-order valence-electron chi connectivity index (χ4n) is 2.49. The number of aromatic carboxylic acids is 1. The summed E-state index contributed by atoms with van der Waals surface area (Å²) in [4.78, 5) is 25.6. The van der Waals surface area contributed by atoms with Crippen LogP contribution in [0.3, 0.4) is 0 Å². The van der Waals surface area contributed by atoms with Gasteiger partial charge in [0, 0.05) is 13.2 Å². The molecule has 1 aliphatic carbocycles. The minimum Gasteiger partial charge on any atom is -0.476 e. The monoisotopic (exact) mass is 284 g/mol. The van der Waals surface area contributed by atoms with Crippen LogP contribution in [0.1, 0.15) is 35.1 Å². The predicted molar refractivity (Wildman–Crippen MR) is 77.1 cm³/mol. The van der Waals surface area contributed by atoms with Gasteiger partial charge in [-0.15, -0.1) is 0 Å². The molecule has 0 aliphatic heterocycles. The first-order valence-electron chi connectivity index (χ1n) is 6.86. The van der Waals surface area contributed by atoms with Gasteiger partial charge in [-0.2, -0.15) is 0 Å². The van der Waals surface area contributed by atoms with E-state index >= 15 is 0 Å². The van der Waals surface area contributed by atoms with E-state index in [1.54, 1.807) is 12.4 Å². The van der Waals surface area contributed by atoms with E-state index in [9.17, 15) is 4.79 Å². The zero-order valence-electron chi connectivity index (χ0n) is 11.7. The van der Waals surface area contributed by atoms with Crippen molar-refractivity contribution < 1.29 is 9.90 Å². The van der Waals surface area contributed by atoms with Crippen LogP contribution in [0.2, 0.25) is 0 Å². The van der Waals surface area contributed by atoms with Crippen molar-refractivity contribution in [2.45, 2.75) is 18.9 Å². The van der Waals surface area contributed by atoms with Crippen LogP contribution in [0.25, 0.3) is 0 Å². The first-order valence-corrected chi connectivity index (χ1v) is 6.86. The Morgan fingerprint density at radius 3 is 2.81 bits per heavy atom. The minimum atomic E-state index is -1.07. The van der Waals surface area contributed by atoms with Crippen molar-refractivity contribution >= 4 is 11.8 Å². The van der Waals surface area contributed by atoms with E-state index < -0.39 is 5.97 Å². The lowest BCUT2D eigenvalue weighted by Crippen LogP contribution is -2.28. The maximum atomic E-state index is 11.0. The summed E-state index contributed by atoms with van der Waals surface area (Å²) in [6.07, 6.45) is 6.92. The molecule has 0 saturated heterocycles. The van der Waals surface area contributed by atoms with Crippen molar-refractivity contribution in [1.82, 2.24) is 15.0 Å². The number of hydrogen-bond donors (Lipinski definition) is 1. The molecule has 2 aromatic rings. The second kappa shape index (κ2) is 5.47. The van der Waals surface area contributed by atoms with E-state index in [1.807, 2.05) is 30.1 Å². The number of carboxylic acid groups (broad SMARTS) is 1. The van der Waals surface area contributed by atoms with E-state index in [1.165, 1.54) is 6.20 Å². The lowest BCUT2D eigenvalue weighted by Gasteiger charge is -2.28. The Bertz CT molecular complexity index is 643. The Hall–Kier alpha value is -2.50. The molecule has 0 amide bonds. The molecule has 21 heavy (non-hydrogen) atoms. The zero-order chi connectivity index (χ0) is 14.8. The highest BCUT2D eigenvalue weighted by Crippen LogP contribution is 2.44. The van der Waals surface area contributed by atoms with Crippen LogP contribution in [-0.4, -0.2) is 33.1 Å². The summed E-state index contributed by atoms with van der Waals surface area (Å²) in [6.45, 7) is 0. The zero-order valence-corrected chi connectivity index (χ0v) is 11.7. The van der Waals surface area contributed by atoms with Crippen LogP contribution in [-0.2, 0) is 0 Å². The quantitative estimate of drug-likeness (QED) is 0.906. The third kappa shape index (κ3) is 2.84. The summed E-state index contributed by atoms with van der Waals surface area (Å²) in [6, 6.07) is 5.95. The largest absolute Gasteiger partial charge is 0.476 e. The SMILES string of the molecule is CN(c1cncc(C(=O)O)n1)C(c1ccccn1)C1CC1. The molecular weight excluding hydrogens is 268 g/mol. The van der Waals surface area contributed by atoms with Crippen LogP contribution in [0.4, 0.5) is 5.82 Å². The smallest absolute Gasteiger partial charge is 0.356 e. The van der Waals surface area contributed by atoms with Crippen LogP contribution in [0.5, 0.6) is 0 Å². The number of aromatic nitrogens is 3. The highest BCUT2D eigenvalue weighted by Gasteiger charge is 2.36. The highest BCUT2D eigenvalue weighted by atomic mass is 16.4. The third-order valence-electron chi connectivity index (χ3n) is 3.68. The lowest BCUT2D eigenvalue weighted by molar-refractivity contribution is 0.0690. The van der Waals surface area contributed by atoms with Crippen molar-refractivity contribution in [1.29, 1.82) is 0 Å². The van der Waals surface area contributed by atoms with Crippen molar-refractivity contribution in [2.75, 3.05) is 11.9 Å². The number of nitrogens with zero attached hydrogens (tertiary/aromatic N) is 4. The van der Waals surface area contributed by atoms with Gasteiger partial charge in [-0.05, 0) is 30.9 Å². The van der Waals surface area contributed by atoms with Gasteiger partial charge in [0.15, 0.2) is 5.69 Å². The molecule has 6 nitrogen and oxygen atoms in total. The van der Waals surface area contributed by atoms with Gasteiger partial charge in [-0.3, -0.25) is 9.97 Å². The molecule has 2 aromatic heterocycles. The maximum Gasteiger partial charge on any atom is 0.356 e. The van der Waals surface area contributed by atoms with Crippen molar-refractivity contribution in [3.8, 4) is 0 Å². The fraction of sp³-hybridized carbons (Fsp3) is 0.333. The molecule has 1 aliphatic rings. The Morgan fingerprint density at radius 1 is 1.38 bits per heavy atom. The predicted octanol–water partition coefficient (Wildman–Crippen LogP) is 2.16. The standard InChI is InChI=1S/C15H16N4O2/c1-19(13-9-16-8-12(18-13)15(20)21)14(10-5-6-10)11-4-2-3-7-17-11/h2-4,7-10,14H,5-6H2,1H3,(H,20,21). The molecular formula is C15H16N4O2. The van der Waals surface area contributed by atoms with Crippen LogP contribution >= 0.6 is 0 Å². The summed E-state index contributed by atoms with van der Waals surface area (Å²) < 4.78 is 0. The Labute approximate surface area is 122 Å². The van der Waals surface area contributed by atoms with Gasteiger partial charge in [0.1, 0.15) is 5.82 Å². The van der Waals surface area contributed by atoms with Gasteiger partial charge in [0.25, 0.3) is 0 Å². The average Bonchev–Trinajstić information content (AvgIpc) is 3.33. The Morgan fingerprint density at radius 2 is 2.19 bits per heavy atom. The van der Waals surface area contributed by atoms with E-state index in [0.717, 1.165) is 18.5 Å². The van der Waals surface area contributed by atoms with E-state index in [4.69, 9.17) is 5.11 Å². The number of rotatable bonds is 5. The number of hydrogen-bond acceptors (Lipinski definition) is 5. The van der Waals surface area contributed by atoms with Crippen molar-refractivity contribution in [3.05, 3.63) is 48.2 Å². The molecule has 0 spiro atoms. The first kappa shape index (κ1) is 13.5. The molecule has 108 valence electrons. The van der Waals surface area contributed by atoms with Gasteiger partial charge in [-0.25, -0.2) is 9.78 Å². The van der Waals surface area contributed by atoms with Gasteiger partial charge in [0.05, 0.1) is 24.1 Å². The van der Waals surface area contributed by atoms with Crippen LogP contribution < -0.4 is 4.90 Å². The van der Waals surface area contributed by atoms with Crippen molar-refractivity contribution in [3.63, 3.8) is 0 Å². The number of anilines is 1. The molecule has 3 rings (SSSR count). The summed E-state index contributed by atoms with van der Waals surface area (Å²) in [5.41, 5.74) is 0.931. The summed E-state index contributed by atoms with van der Waals surface area (Å²) in [5.74, 6) is 0.0104. The molecule has 1 fully saturated rings. The molecule has 1 atom stereocenters. The molecule has 0 bridgehead atoms. The van der Waals surface area contributed by atoms with E-state index in [-0.39, 0.29) is 11.7 Å². The van der Waals surface area contributed by atoms with Crippen LogP contribution in [0, 0.1) is 5.92 Å². The van der Waals surface area contributed by atoms with Gasteiger partial charge in [0.2, 0.25) is 0 Å². The topological polar surface area (TPSA) is 79.2 Å². The molecule has 0 aromatic carbocycles. The van der Waals surface area contributed by atoms with E-state index in [0.29, 0.717) is 11.7 Å². The van der Waals surface area contributed by atoms with Gasteiger partial charge >= 0.3 is 5.97 Å². The second-order valence-electron chi connectivity index (χ2n) is 5.22. The Balaban J connectivity index is 1.93. The maximum absolute atomic E-state index is 11.0. The molecule has 2 heterocycles. The van der Waals surface area contributed by atoms with E-state index in [2.05, 4.69) is 15.0 Å². The number of carbonyl (C=O) groups is 1. The molecule has 1 N–H and O–H groups in total. The Kier molecular flexibility index (Phi) is 3.51. The lowest BCUT2D eigenvalue weighted by atomic mass is 10.1. The number of carboxylic acids is 1. The molecule has 0 radical (unpaired) electrons. The average molecular weight is 284 g/mol. The molecule has 1 saturated carbocycles. The molecule has 1 unspecified atom stereocenters. The minimum absolute atomic E-state index is 0.0464. The fourth-order valence-corrected chi connectivity index (χ4v) is 2.49. The second-order valence-corrected chi connectivity index (χ2v) is 5.22.